The number of rotatable bonds is 53. The molecule has 111 heavy (non-hydrogen) atoms. The first kappa shape index (κ1) is 101. The molecular weight excluding hydrogens is 1430 g/mol. The maximum absolute atomic E-state index is 14.7. The Labute approximate surface area is 658 Å². The molecule has 0 radical (unpaired) electrons. The first-order valence-corrected chi connectivity index (χ1v) is 39.9. The second kappa shape index (κ2) is 52.1. The molecule has 1 aromatic carbocycles. The van der Waals surface area contributed by atoms with E-state index in [4.69, 9.17) is 17.2 Å². The summed E-state index contributed by atoms with van der Waals surface area (Å²) in [6, 6.07) is -8.67. The van der Waals surface area contributed by atoms with Gasteiger partial charge in [-0.3, -0.25) is 62.3 Å². The van der Waals surface area contributed by atoms with Gasteiger partial charge in [-0.25, -0.2) is 0 Å². The van der Waals surface area contributed by atoms with Gasteiger partial charge < -0.3 is 102 Å². The van der Waals surface area contributed by atoms with Crippen molar-refractivity contribution in [1.29, 1.82) is 0 Å². The van der Waals surface area contributed by atoms with Crippen molar-refractivity contribution < 1.29 is 77.6 Å². The quantitative estimate of drug-likeness (QED) is 0.0325. The maximum atomic E-state index is 14.7. The minimum Gasteiger partial charge on any atom is -0.508 e. The minimum absolute atomic E-state index is 0.0178. The highest BCUT2D eigenvalue weighted by molar-refractivity contribution is 6.02. The Morgan fingerprint density at radius 1 is 0.378 bits per heavy atom. The molecule has 13 amide bonds. The highest BCUT2D eigenvalue weighted by Gasteiger charge is 2.40. The second-order valence-electron chi connectivity index (χ2n) is 31.8. The predicted molar refractivity (Wildman–Crippen MR) is 426 cm³/mol. The third-order valence-corrected chi connectivity index (χ3v) is 19.5. The molecule has 0 spiro atoms. The number of hydrogen-bond donors (Lipinski definition) is 19. The third-order valence-electron chi connectivity index (χ3n) is 19.5. The van der Waals surface area contributed by atoms with Crippen molar-refractivity contribution in [2.45, 2.75) is 294 Å². The highest BCUT2D eigenvalue weighted by atomic mass is 16.3. The summed E-state index contributed by atoms with van der Waals surface area (Å²) >= 11 is 0. The summed E-state index contributed by atoms with van der Waals surface area (Å²) in [6.45, 7) is 33.1. The molecule has 0 unspecified atom stereocenters. The van der Waals surface area contributed by atoms with Gasteiger partial charge in [0.15, 0.2) is 0 Å². The predicted octanol–water partition coefficient (Wildman–Crippen LogP) is 1.59. The Morgan fingerprint density at radius 3 is 1.09 bits per heavy atom. The Morgan fingerprint density at radius 2 is 0.703 bits per heavy atom. The number of carbonyl (C=O) groups is 13. The van der Waals surface area contributed by atoms with Gasteiger partial charge in [-0.1, -0.05) is 156 Å². The van der Waals surface area contributed by atoms with Crippen LogP contribution in [0.5, 0.6) is 5.75 Å². The van der Waals surface area contributed by atoms with E-state index in [1.54, 1.807) is 95.2 Å². The van der Waals surface area contributed by atoms with Crippen molar-refractivity contribution in [3.8, 4) is 5.75 Å². The number of unbranched alkanes of at least 4 members (excludes halogenated alkanes) is 2. The normalized spacial score (nSPS) is 15.9. The number of benzene rings is 1. The number of phenolic OH excluding ortho intramolecular Hbond substituents is 1. The van der Waals surface area contributed by atoms with Gasteiger partial charge in [0.05, 0.1) is 12.6 Å². The van der Waals surface area contributed by atoms with E-state index in [9.17, 15) is 77.6 Å². The molecule has 15 atom stereocenters. The van der Waals surface area contributed by atoms with Crippen LogP contribution in [0.25, 0.3) is 0 Å². The maximum Gasteiger partial charge on any atom is 0.268 e. The molecule has 0 aliphatic rings. The van der Waals surface area contributed by atoms with E-state index in [1.165, 1.54) is 25.1 Å². The van der Waals surface area contributed by atoms with Crippen LogP contribution in [-0.2, 0) is 68.7 Å². The monoisotopic (exact) mass is 1570 g/mol. The minimum atomic E-state index is -1.40. The topological polar surface area (TPSA) is 517 Å². The average molecular weight is 1570 g/mol. The number of aliphatic hydroxyl groups is 2. The zero-order chi connectivity index (χ0) is 84.7. The summed E-state index contributed by atoms with van der Waals surface area (Å²) in [4.78, 5) is 185. The lowest BCUT2D eigenvalue weighted by molar-refractivity contribution is -0.137. The van der Waals surface area contributed by atoms with Gasteiger partial charge in [-0.2, -0.15) is 0 Å². The molecule has 1 aromatic rings. The number of nitrogens with one attached hydrogen (secondary N) is 13. The van der Waals surface area contributed by atoms with Gasteiger partial charge in [-0.15, -0.1) is 0 Å². The lowest BCUT2D eigenvalue weighted by Crippen LogP contribution is -2.63. The smallest absolute Gasteiger partial charge is 0.268 e. The molecule has 32 heteroatoms. The zero-order valence-electron chi connectivity index (χ0n) is 69.5. The van der Waals surface area contributed by atoms with Crippen LogP contribution >= 0.6 is 0 Å². The van der Waals surface area contributed by atoms with Crippen molar-refractivity contribution in [3.63, 3.8) is 0 Å². The van der Waals surface area contributed by atoms with Crippen LogP contribution in [0.2, 0.25) is 0 Å². The third kappa shape index (κ3) is 35.9. The second-order valence-corrected chi connectivity index (χ2v) is 31.8. The highest BCUT2D eigenvalue weighted by Crippen LogP contribution is 2.19. The van der Waals surface area contributed by atoms with Crippen LogP contribution in [0, 0.1) is 53.3 Å². The van der Waals surface area contributed by atoms with Crippen molar-refractivity contribution in [3.05, 3.63) is 41.6 Å². The molecule has 0 bridgehead atoms. The van der Waals surface area contributed by atoms with Crippen LogP contribution in [0.1, 0.15) is 214 Å². The summed E-state index contributed by atoms with van der Waals surface area (Å²) in [5, 5.41) is 66.2. The molecule has 632 valence electrons. The molecule has 0 aliphatic heterocycles. The van der Waals surface area contributed by atoms with Crippen molar-refractivity contribution in [2.75, 3.05) is 26.2 Å². The Balaban J connectivity index is 3.63. The van der Waals surface area contributed by atoms with Gasteiger partial charge in [0, 0.05) is 6.42 Å². The average Bonchev–Trinajstić information content (AvgIpc) is 0.845. The molecule has 32 nitrogen and oxygen atoms in total. The summed E-state index contributed by atoms with van der Waals surface area (Å²) in [5.41, 5.74) is 18.0. The summed E-state index contributed by atoms with van der Waals surface area (Å²) in [6.07, 6.45) is 2.85. The fourth-order valence-electron chi connectivity index (χ4n) is 11.9. The number of hydrogen-bond acceptors (Lipinski definition) is 19. The number of amides is 13. The summed E-state index contributed by atoms with van der Waals surface area (Å²) < 4.78 is 0. The fourth-order valence-corrected chi connectivity index (χ4v) is 11.9. The number of carbonyl (C=O) groups excluding carboxylic acids is 13. The molecule has 22 N–H and O–H groups in total. The molecular formula is C79H140N16O16. The van der Waals surface area contributed by atoms with Gasteiger partial charge in [0.1, 0.15) is 84.0 Å². The number of nitrogens with two attached hydrogens (primary N) is 3. The van der Waals surface area contributed by atoms with E-state index < -0.39 is 191 Å². The van der Waals surface area contributed by atoms with Crippen LogP contribution in [0.15, 0.2) is 36.0 Å². The Hall–Kier alpha value is -8.33. The molecule has 0 heterocycles. The van der Waals surface area contributed by atoms with Crippen LogP contribution in [0.4, 0.5) is 0 Å². The van der Waals surface area contributed by atoms with Crippen molar-refractivity contribution in [1.82, 2.24) is 69.1 Å². The lowest BCUT2D eigenvalue weighted by Gasteiger charge is -2.32. The van der Waals surface area contributed by atoms with Gasteiger partial charge in [0.2, 0.25) is 65.0 Å². The lowest BCUT2D eigenvalue weighted by atomic mass is 9.95. The SMILES string of the molecule is CC=C(NC(=O)[C@@H](O)[C@@H](C)CC)C(=O)N[C@H](C(=O)N[C@H](CCCN)C(=O)N[C@H](C(=O)N[C@H](C(=O)N[C@H](C(=O)N[C@H](CCCCN)C(=O)N[C@H](C(=O)N[C@H](CC(C)C)C(=O)N[C@@H](CCCCN)C(=O)N[C@H](Cc1ccc(O)cc1)C(=O)N[C@@H](CC(C)C)C(=O)N[C@H](CO)C(C)C)C(C)C)C(C)C)C(C)C)[C@@H](C)CC)C(C)C. The van der Waals surface area contributed by atoms with Crippen molar-refractivity contribution in [2.24, 2.45) is 70.5 Å². The molecule has 0 aromatic heterocycles. The van der Waals surface area contributed by atoms with Gasteiger partial charge in [-0.05, 0) is 162 Å². The van der Waals surface area contributed by atoms with E-state index in [2.05, 4.69) is 69.1 Å². The number of allylic oxidation sites excluding steroid dienone is 1. The van der Waals surface area contributed by atoms with E-state index >= 15 is 0 Å². The molecule has 0 saturated carbocycles. The summed E-state index contributed by atoms with van der Waals surface area (Å²) in [7, 11) is 0. The van der Waals surface area contributed by atoms with Gasteiger partial charge in [0.25, 0.3) is 11.8 Å². The standard InChI is InChI=1S/C79H140N16O16/c1-20-49(18)65(95-70(102)56(30-27-37-82)86-74(106)61(45(10)11)91-67(99)53(22-3)83-79(111)66(98)50(19)21-2)78(110)94-64(48(16)17)77(109)93-63(47(14)15)75(107)85-55(29-24-26-36-81)69(101)92-62(46(12)13)76(108)89-58(39-43(6)7)71(103)84-54(28-23-25-35-80)68(100)88-59(40-51-31-33-52(97)34-32-51)73(105)87-57(38-42(4)5)72(104)90-60(41-96)44(8)9/h22,31-34,42-50,54-66,96-98H,20-21,23-30,35-41,80-82H2,1-19H3,(H,83,111)(H,84,103)(H,85,107)(H,86,106)(H,87,105)(H,88,100)(H,89,108)(H,90,104)(H,91,99)(H,92,101)(H,93,109)(H,94,110)(H,95,102)/t49-,50-,54-,55+,56+,57-,58+,59+,60+,61-,62-,63-,64-,65-,66-/m0/s1. The summed E-state index contributed by atoms with van der Waals surface area (Å²) in [5.74, 6) is -13.7. The van der Waals surface area contributed by atoms with E-state index in [0.29, 0.717) is 44.1 Å². The number of aromatic hydroxyl groups is 1. The Bertz CT molecular complexity index is 3150. The van der Waals surface area contributed by atoms with E-state index in [0.717, 1.165) is 0 Å². The van der Waals surface area contributed by atoms with E-state index in [1.807, 2.05) is 41.5 Å². The van der Waals surface area contributed by atoms with Gasteiger partial charge >= 0.3 is 0 Å². The molecule has 1 rings (SSSR count). The first-order valence-electron chi connectivity index (χ1n) is 39.9. The largest absolute Gasteiger partial charge is 0.508 e. The number of aliphatic hydroxyl groups excluding tert-OH is 2. The van der Waals surface area contributed by atoms with E-state index in [-0.39, 0.29) is 100 Å². The van der Waals surface area contributed by atoms with Crippen molar-refractivity contribution >= 4 is 76.8 Å². The number of phenols is 1. The molecule has 0 fully saturated rings. The van der Waals surface area contributed by atoms with Crippen LogP contribution in [-0.4, -0.2) is 197 Å². The molecule has 0 aliphatic carbocycles. The van der Waals surface area contributed by atoms with Crippen LogP contribution < -0.4 is 86.3 Å². The van der Waals surface area contributed by atoms with Crippen LogP contribution in [0.3, 0.4) is 0 Å². The fraction of sp³-hybridized carbons (Fsp3) is 0.734. The first-order chi connectivity index (χ1) is 52.1. The Kier molecular flexibility index (Phi) is 47.2. The molecule has 0 saturated heterocycles. The zero-order valence-corrected chi connectivity index (χ0v) is 69.5.